The van der Waals surface area contributed by atoms with E-state index < -0.39 is 31.9 Å². The van der Waals surface area contributed by atoms with Gasteiger partial charge in [0.15, 0.2) is 0 Å². The van der Waals surface area contributed by atoms with Crippen molar-refractivity contribution < 1.29 is 26.4 Å². The summed E-state index contributed by atoms with van der Waals surface area (Å²) in [6, 6.07) is 13.0. The Morgan fingerprint density at radius 3 is 2.16 bits per heavy atom. The molecule has 0 aliphatic carbocycles. The molecule has 2 aliphatic heterocycles. The molecule has 11 heteroatoms. The van der Waals surface area contributed by atoms with Crippen molar-refractivity contribution in [3.05, 3.63) is 48.5 Å². The van der Waals surface area contributed by atoms with Crippen LogP contribution in [0.4, 0.5) is 11.4 Å². The van der Waals surface area contributed by atoms with E-state index in [-0.39, 0.29) is 16.3 Å². The van der Waals surface area contributed by atoms with Crippen molar-refractivity contribution in [1.29, 1.82) is 0 Å². The van der Waals surface area contributed by atoms with E-state index in [9.17, 15) is 21.6 Å². The summed E-state index contributed by atoms with van der Waals surface area (Å²) in [4.78, 5) is 14.4. The minimum atomic E-state index is -3.75. The molecule has 9 nitrogen and oxygen atoms in total. The van der Waals surface area contributed by atoms with E-state index in [0.29, 0.717) is 26.2 Å². The van der Waals surface area contributed by atoms with Crippen LogP contribution < -0.4 is 13.9 Å². The third-order valence-corrected chi connectivity index (χ3v) is 9.52. The van der Waals surface area contributed by atoms with Crippen molar-refractivity contribution in [2.24, 2.45) is 5.92 Å². The van der Waals surface area contributed by atoms with E-state index in [1.54, 1.807) is 14.0 Å². The van der Waals surface area contributed by atoms with Crippen molar-refractivity contribution in [2.45, 2.75) is 11.8 Å². The van der Waals surface area contributed by atoms with E-state index in [1.807, 2.05) is 24.3 Å². The largest absolute Gasteiger partial charge is 0.495 e. The number of piperazine rings is 1. The monoisotopic (exact) mass is 479 g/mol. The van der Waals surface area contributed by atoms with Gasteiger partial charge in [0.05, 0.1) is 35.1 Å². The fraction of sp³-hybridized carbons (Fsp3) is 0.381. The van der Waals surface area contributed by atoms with Crippen LogP contribution in [0.2, 0.25) is 0 Å². The Kier molecular flexibility index (Phi) is 5.91. The predicted octanol–water partition coefficient (Wildman–Crippen LogP) is 1.52. The van der Waals surface area contributed by atoms with E-state index in [2.05, 4.69) is 4.90 Å². The van der Waals surface area contributed by atoms with Crippen LogP contribution in [0.15, 0.2) is 53.4 Å². The van der Waals surface area contributed by atoms with E-state index >= 15 is 0 Å². The normalized spacial score (nSPS) is 21.7. The summed E-state index contributed by atoms with van der Waals surface area (Å²) in [6.07, 6.45) is 0. The first-order chi connectivity index (χ1) is 15.1. The third-order valence-electron chi connectivity index (χ3n) is 5.73. The molecule has 0 spiro atoms. The van der Waals surface area contributed by atoms with E-state index in [0.717, 1.165) is 15.7 Å². The molecule has 2 heterocycles. The number of hydrogen-bond acceptors (Lipinski definition) is 7. The Morgan fingerprint density at radius 1 is 0.969 bits per heavy atom. The number of hydrogen-bond donors (Lipinski definition) is 0. The van der Waals surface area contributed by atoms with Crippen LogP contribution >= 0.6 is 0 Å². The molecule has 0 N–H and O–H groups in total. The van der Waals surface area contributed by atoms with Crippen LogP contribution in [0.5, 0.6) is 5.75 Å². The van der Waals surface area contributed by atoms with Gasteiger partial charge in [0.1, 0.15) is 5.75 Å². The number of rotatable bonds is 5. The van der Waals surface area contributed by atoms with Gasteiger partial charge in [0.25, 0.3) is 0 Å². The smallest absolute Gasteiger partial charge is 0.244 e. The lowest BCUT2D eigenvalue weighted by atomic mass is 10.2. The molecular formula is C21H25N3O6S2. The SMILES string of the molecule is COc1ccccc1N1CCN(S(=O)(=O)c2ccc(N3C(=O)C(C)CS3(=O)=O)cc2)CC1. The lowest BCUT2D eigenvalue weighted by molar-refractivity contribution is -0.119. The van der Waals surface area contributed by atoms with Crippen molar-refractivity contribution in [3.8, 4) is 5.75 Å². The molecule has 0 aromatic heterocycles. The first kappa shape index (κ1) is 22.6. The Labute approximate surface area is 188 Å². The molecule has 2 fully saturated rings. The van der Waals surface area contributed by atoms with Gasteiger partial charge in [0.2, 0.25) is 26.0 Å². The van der Waals surface area contributed by atoms with E-state index in [1.165, 1.54) is 28.6 Å². The summed E-state index contributed by atoms with van der Waals surface area (Å²) in [5, 5.41) is 0. The highest BCUT2D eigenvalue weighted by molar-refractivity contribution is 7.94. The minimum Gasteiger partial charge on any atom is -0.495 e. The van der Waals surface area contributed by atoms with Gasteiger partial charge >= 0.3 is 0 Å². The van der Waals surface area contributed by atoms with Gasteiger partial charge in [-0.2, -0.15) is 4.31 Å². The maximum Gasteiger partial charge on any atom is 0.244 e. The highest BCUT2D eigenvalue weighted by Gasteiger charge is 2.42. The summed E-state index contributed by atoms with van der Waals surface area (Å²) in [5.41, 5.74) is 1.07. The van der Waals surface area contributed by atoms with Gasteiger partial charge in [-0.05, 0) is 36.4 Å². The van der Waals surface area contributed by atoms with Crippen molar-refractivity contribution in [3.63, 3.8) is 0 Å². The summed E-state index contributed by atoms with van der Waals surface area (Å²) < 4.78 is 58.3. The number of benzene rings is 2. The zero-order valence-electron chi connectivity index (χ0n) is 17.8. The molecular weight excluding hydrogens is 454 g/mol. The van der Waals surface area contributed by atoms with Crippen LogP contribution in [0.3, 0.4) is 0 Å². The lowest BCUT2D eigenvalue weighted by Crippen LogP contribution is -2.48. The second kappa shape index (κ2) is 8.38. The molecule has 172 valence electrons. The van der Waals surface area contributed by atoms with Gasteiger partial charge in [0, 0.05) is 26.2 Å². The molecule has 1 amide bonds. The first-order valence-corrected chi connectivity index (χ1v) is 13.2. The standard InChI is InChI=1S/C21H25N3O6S2/c1-16-15-31(26,27)24(21(16)25)17-7-9-18(10-8-17)32(28,29)23-13-11-22(12-14-23)19-5-3-4-6-20(19)30-2/h3-10,16H,11-15H2,1-2H3. The summed E-state index contributed by atoms with van der Waals surface area (Å²) in [7, 11) is -5.89. The molecule has 1 unspecified atom stereocenters. The molecule has 2 saturated heterocycles. The van der Waals surface area contributed by atoms with Gasteiger partial charge in [-0.25, -0.2) is 21.1 Å². The van der Waals surface area contributed by atoms with Crippen LogP contribution in [0.1, 0.15) is 6.92 Å². The maximum atomic E-state index is 13.1. The van der Waals surface area contributed by atoms with Gasteiger partial charge in [-0.15, -0.1) is 0 Å². The molecule has 2 aromatic rings. The fourth-order valence-electron chi connectivity index (χ4n) is 4.05. The molecule has 2 aliphatic rings. The zero-order valence-corrected chi connectivity index (χ0v) is 19.5. The number of carbonyl (C=O) groups is 1. The van der Waals surface area contributed by atoms with Crippen LogP contribution in [-0.4, -0.2) is 66.1 Å². The van der Waals surface area contributed by atoms with Crippen molar-refractivity contribution >= 4 is 37.3 Å². The van der Waals surface area contributed by atoms with Crippen LogP contribution in [0, 0.1) is 5.92 Å². The Hall–Kier alpha value is -2.63. The fourth-order valence-corrected chi connectivity index (χ4v) is 7.29. The Balaban J connectivity index is 1.49. The number of methoxy groups -OCH3 is 1. The number of ether oxygens (including phenoxy) is 1. The number of anilines is 2. The Morgan fingerprint density at radius 2 is 1.59 bits per heavy atom. The summed E-state index contributed by atoms with van der Waals surface area (Å²) in [6.45, 7) is 3.19. The molecule has 0 bridgehead atoms. The molecule has 2 aromatic carbocycles. The van der Waals surface area contributed by atoms with Crippen LogP contribution in [-0.2, 0) is 24.8 Å². The molecule has 0 radical (unpaired) electrons. The summed E-state index contributed by atoms with van der Waals surface area (Å²) >= 11 is 0. The molecule has 0 saturated carbocycles. The summed E-state index contributed by atoms with van der Waals surface area (Å²) in [5.74, 6) is -0.640. The number of carbonyl (C=O) groups excluding carboxylic acids is 1. The number of amides is 1. The highest BCUT2D eigenvalue weighted by Crippen LogP contribution is 2.31. The quantitative estimate of drug-likeness (QED) is 0.640. The average Bonchev–Trinajstić information content (AvgIpc) is 3.00. The average molecular weight is 480 g/mol. The second-order valence-corrected chi connectivity index (χ2v) is 11.6. The molecule has 32 heavy (non-hydrogen) atoms. The van der Waals surface area contributed by atoms with Gasteiger partial charge < -0.3 is 9.64 Å². The first-order valence-electron chi connectivity index (χ1n) is 10.2. The number of nitrogens with zero attached hydrogens (tertiary/aromatic N) is 3. The second-order valence-electron chi connectivity index (χ2n) is 7.84. The Bertz CT molecular complexity index is 1220. The number of para-hydroxylation sites is 2. The van der Waals surface area contributed by atoms with Gasteiger partial charge in [-0.3, -0.25) is 4.79 Å². The van der Waals surface area contributed by atoms with Crippen molar-refractivity contribution in [2.75, 3.05) is 48.2 Å². The van der Waals surface area contributed by atoms with Crippen molar-refractivity contribution in [1.82, 2.24) is 4.31 Å². The minimum absolute atomic E-state index is 0.0593. The highest BCUT2D eigenvalue weighted by atomic mass is 32.2. The number of sulfonamides is 2. The van der Waals surface area contributed by atoms with Crippen LogP contribution in [0.25, 0.3) is 0 Å². The molecule has 1 atom stereocenters. The molecule has 4 rings (SSSR count). The van der Waals surface area contributed by atoms with E-state index in [4.69, 9.17) is 4.74 Å². The topological polar surface area (TPSA) is 104 Å². The van der Waals surface area contributed by atoms with Gasteiger partial charge in [-0.1, -0.05) is 19.1 Å². The lowest BCUT2D eigenvalue weighted by Gasteiger charge is -2.36. The zero-order chi connectivity index (χ0) is 23.1. The third kappa shape index (κ3) is 3.96. The maximum absolute atomic E-state index is 13.1. The predicted molar refractivity (Wildman–Crippen MR) is 121 cm³/mol.